The monoisotopic (exact) mass is 325 g/mol. The number of aromatic nitrogens is 2. The molecular formula is C20H25N2O2+. The van der Waals surface area contributed by atoms with E-state index >= 15 is 0 Å². The number of aliphatic hydroxyl groups is 1. The van der Waals surface area contributed by atoms with Crippen LogP contribution in [0.15, 0.2) is 54.6 Å². The Morgan fingerprint density at radius 3 is 2.54 bits per heavy atom. The van der Waals surface area contributed by atoms with Gasteiger partial charge in [0.25, 0.3) is 5.82 Å². The summed E-state index contributed by atoms with van der Waals surface area (Å²) in [6.45, 7) is 2.99. The minimum absolute atomic E-state index is 0.284. The Morgan fingerprint density at radius 1 is 1.08 bits per heavy atom. The second-order valence-electron chi connectivity index (χ2n) is 6.10. The number of hydrogen-bond acceptors (Lipinski definition) is 2. The number of aryl methyl sites for hydroxylation is 1. The minimum atomic E-state index is -0.559. The smallest absolute Gasteiger partial charge is 0.257 e. The summed E-state index contributed by atoms with van der Waals surface area (Å²) in [4.78, 5) is 0. The minimum Gasteiger partial charge on any atom is -0.491 e. The Balaban J connectivity index is 1.79. The summed E-state index contributed by atoms with van der Waals surface area (Å²) in [5, 5.41) is 10.5. The molecule has 1 N–H and O–H groups in total. The van der Waals surface area contributed by atoms with Gasteiger partial charge in [0, 0.05) is 6.42 Å². The number of fused-ring (bicyclic) bond motifs is 1. The van der Waals surface area contributed by atoms with Crippen molar-refractivity contribution < 1.29 is 14.4 Å². The molecule has 126 valence electrons. The highest BCUT2D eigenvalue weighted by Gasteiger charge is 2.23. The van der Waals surface area contributed by atoms with E-state index in [0.29, 0.717) is 6.54 Å². The zero-order chi connectivity index (χ0) is 16.9. The summed E-state index contributed by atoms with van der Waals surface area (Å²) < 4.78 is 10.1. The summed E-state index contributed by atoms with van der Waals surface area (Å²) in [7, 11) is 2.09. The van der Waals surface area contributed by atoms with Crippen LogP contribution >= 0.6 is 0 Å². The first-order chi connectivity index (χ1) is 11.7. The molecule has 1 atom stereocenters. The van der Waals surface area contributed by atoms with Crippen molar-refractivity contribution in [2.24, 2.45) is 7.05 Å². The molecule has 0 aliphatic carbocycles. The standard InChI is InChI=1S/C20H25N2O2/c1-3-9-20-21(2)18-12-7-8-13-19(18)22(20)14-16(23)15-24-17-10-5-4-6-11-17/h4-8,10-13,16,23H,3,9,14-15H2,1-2H3/q+1/t16-/m1/s1. The lowest BCUT2D eigenvalue weighted by Gasteiger charge is -2.12. The molecule has 1 heterocycles. The Labute approximate surface area is 142 Å². The third-order valence-electron chi connectivity index (χ3n) is 4.29. The SMILES string of the molecule is CCCc1n(C[C@@H](O)COc2ccccc2)c2ccccc2[n+]1C. The molecule has 0 unspecified atom stereocenters. The van der Waals surface area contributed by atoms with Gasteiger partial charge in [-0.05, 0) is 30.7 Å². The molecule has 0 spiro atoms. The third kappa shape index (κ3) is 3.44. The first-order valence-electron chi connectivity index (χ1n) is 8.52. The van der Waals surface area contributed by atoms with Gasteiger partial charge in [-0.3, -0.25) is 0 Å². The van der Waals surface area contributed by atoms with Crippen LogP contribution in [0.2, 0.25) is 0 Å². The molecule has 0 fully saturated rings. The van der Waals surface area contributed by atoms with Crippen LogP contribution in [-0.4, -0.2) is 22.4 Å². The number of benzene rings is 2. The zero-order valence-electron chi connectivity index (χ0n) is 14.4. The summed E-state index contributed by atoms with van der Waals surface area (Å²) in [5.41, 5.74) is 2.35. The van der Waals surface area contributed by atoms with E-state index in [1.165, 1.54) is 11.3 Å². The lowest BCUT2D eigenvalue weighted by Crippen LogP contribution is -2.34. The maximum Gasteiger partial charge on any atom is 0.257 e. The number of imidazole rings is 1. The molecule has 0 aliphatic heterocycles. The highest BCUT2D eigenvalue weighted by Crippen LogP contribution is 2.16. The Hall–Kier alpha value is -2.33. The van der Waals surface area contributed by atoms with Crippen molar-refractivity contribution in [2.45, 2.75) is 32.4 Å². The molecular weight excluding hydrogens is 300 g/mol. The molecule has 0 saturated carbocycles. The second-order valence-corrected chi connectivity index (χ2v) is 6.10. The van der Waals surface area contributed by atoms with Crippen molar-refractivity contribution in [3.05, 3.63) is 60.4 Å². The first-order valence-corrected chi connectivity index (χ1v) is 8.52. The average molecular weight is 325 g/mol. The van der Waals surface area contributed by atoms with E-state index in [2.05, 4.69) is 41.3 Å². The van der Waals surface area contributed by atoms with Gasteiger partial charge in [0.2, 0.25) is 0 Å². The van der Waals surface area contributed by atoms with E-state index < -0.39 is 6.10 Å². The molecule has 0 radical (unpaired) electrons. The van der Waals surface area contributed by atoms with Gasteiger partial charge in [0.05, 0.1) is 7.05 Å². The maximum atomic E-state index is 10.5. The Kier molecular flexibility index (Phi) is 5.16. The van der Waals surface area contributed by atoms with Crippen LogP contribution in [0.25, 0.3) is 11.0 Å². The van der Waals surface area contributed by atoms with Crippen LogP contribution in [0.5, 0.6) is 5.75 Å². The van der Waals surface area contributed by atoms with E-state index in [4.69, 9.17) is 4.74 Å². The predicted molar refractivity (Wildman–Crippen MR) is 95.1 cm³/mol. The van der Waals surface area contributed by atoms with Gasteiger partial charge in [-0.1, -0.05) is 37.3 Å². The zero-order valence-corrected chi connectivity index (χ0v) is 14.4. The third-order valence-corrected chi connectivity index (χ3v) is 4.29. The van der Waals surface area contributed by atoms with Gasteiger partial charge in [-0.2, -0.15) is 0 Å². The average Bonchev–Trinajstić information content (AvgIpc) is 2.87. The van der Waals surface area contributed by atoms with E-state index in [1.807, 2.05) is 36.4 Å². The highest BCUT2D eigenvalue weighted by molar-refractivity contribution is 5.72. The van der Waals surface area contributed by atoms with E-state index in [9.17, 15) is 5.11 Å². The van der Waals surface area contributed by atoms with E-state index in [-0.39, 0.29) is 6.61 Å². The molecule has 3 aromatic rings. The number of nitrogens with zero attached hydrogens (tertiary/aromatic N) is 2. The molecule has 24 heavy (non-hydrogen) atoms. The number of rotatable bonds is 7. The van der Waals surface area contributed by atoms with Crippen LogP contribution < -0.4 is 9.30 Å². The first kappa shape index (κ1) is 16.5. The lowest BCUT2D eigenvalue weighted by molar-refractivity contribution is -0.654. The van der Waals surface area contributed by atoms with Crippen LogP contribution in [0, 0.1) is 0 Å². The van der Waals surface area contributed by atoms with Crippen LogP contribution in [0.4, 0.5) is 0 Å². The molecule has 3 rings (SSSR count). The predicted octanol–water partition coefficient (Wildman–Crippen LogP) is 2.86. The highest BCUT2D eigenvalue weighted by atomic mass is 16.5. The lowest BCUT2D eigenvalue weighted by atomic mass is 10.3. The van der Waals surface area contributed by atoms with Gasteiger partial charge in [-0.25, -0.2) is 9.13 Å². The van der Waals surface area contributed by atoms with Gasteiger partial charge < -0.3 is 9.84 Å². The number of ether oxygens (including phenoxy) is 1. The quantitative estimate of drug-likeness (QED) is 0.678. The molecule has 0 aliphatic rings. The summed E-state index contributed by atoms with van der Waals surface area (Å²) in [6.07, 6.45) is 1.50. The van der Waals surface area contributed by atoms with Gasteiger partial charge in [-0.15, -0.1) is 0 Å². The number of para-hydroxylation sites is 3. The molecule has 4 heteroatoms. The summed E-state index contributed by atoms with van der Waals surface area (Å²) in [5.74, 6) is 2.02. The van der Waals surface area contributed by atoms with Crippen molar-refractivity contribution in [3.63, 3.8) is 0 Å². The van der Waals surface area contributed by atoms with Crippen molar-refractivity contribution in [2.75, 3.05) is 6.61 Å². The fourth-order valence-corrected chi connectivity index (χ4v) is 3.14. The molecule has 2 aromatic carbocycles. The topological polar surface area (TPSA) is 38.3 Å². The maximum absolute atomic E-state index is 10.5. The van der Waals surface area contributed by atoms with E-state index in [1.54, 1.807) is 0 Å². The van der Waals surface area contributed by atoms with Crippen LogP contribution in [0.3, 0.4) is 0 Å². The van der Waals surface area contributed by atoms with Crippen molar-refractivity contribution in [3.8, 4) is 5.75 Å². The van der Waals surface area contributed by atoms with Crippen molar-refractivity contribution in [1.29, 1.82) is 0 Å². The Bertz CT molecular complexity index is 796. The summed E-state index contributed by atoms with van der Waals surface area (Å²) in [6, 6.07) is 17.9. The van der Waals surface area contributed by atoms with Gasteiger partial charge in [0.1, 0.15) is 25.0 Å². The fourth-order valence-electron chi connectivity index (χ4n) is 3.14. The van der Waals surface area contributed by atoms with Crippen molar-refractivity contribution in [1.82, 2.24) is 4.57 Å². The normalized spacial score (nSPS) is 12.5. The molecule has 0 bridgehead atoms. The van der Waals surface area contributed by atoms with Crippen molar-refractivity contribution >= 4 is 11.0 Å². The van der Waals surface area contributed by atoms with Crippen LogP contribution in [0.1, 0.15) is 19.2 Å². The molecule has 4 nitrogen and oxygen atoms in total. The molecule has 0 amide bonds. The largest absolute Gasteiger partial charge is 0.491 e. The summed E-state index contributed by atoms with van der Waals surface area (Å²) >= 11 is 0. The Morgan fingerprint density at radius 2 is 1.79 bits per heavy atom. The number of hydrogen-bond donors (Lipinski definition) is 1. The van der Waals surface area contributed by atoms with Gasteiger partial charge in [0.15, 0.2) is 11.0 Å². The van der Waals surface area contributed by atoms with E-state index in [0.717, 1.165) is 24.1 Å². The fraction of sp³-hybridized carbons (Fsp3) is 0.350. The van der Waals surface area contributed by atoms with Crippen LogP contribution in [-0.2, 0) is 20.0 Å². The number of aliphatic hydroxyl groups excluding tert-OH is 1. The van der Waals surface area contributed by atoms with Gasteiger partial charge >= 0.3 is 0 Å². The second kappa shape index (κ2) is 7.49. The molecule has 1 aromatic heterocycles. The molecule has 0 saturated heterocycles.